The maximum Gasteiger partial charge on any atom is 0.251 e. The summed E-state index contributed by atoms with van der Waals surface area (Å²) in [4.78, 5) is 16.7. The van der Waals surface area contributed by atoms with Crippen LogP contribution < -0.4 is 10.1 Å². The summed E-state index contributed by atoms with van der Waals surface area (Å²) in [6, 6.07) is 17.0. The standard InChI is InChI=1S/C23H25N3O4S/c1-17(19-11-13-24-14-12-19)25-23(27)20-9-10-21(30-3)22(15-20)31(28,29)26(2)16-18-7-5-4-6-8-18/h4-15,17H,16H2,1-3H3,(H,25,27)/t17-/m1/s1. The van der Waals surface area contributed by atoms with Gasteiger partial charge in [0.2, 0.25) is 10.0 Å². The van der Waals surface area contributed by atoms with Crippen molar-refractivity contribution in [3.8, 4) is 5.75 Å². The maximum absolute atomic E-state index is 13.2. The number of carbonyl (C=O) groups is 1. The van der Waals surface area contributed by atoms with Crippen LogP contribution in [-0.2, 0) is 16.6 Å². The van der Waals surface area contributed by atoms with Crippen LogP contribution in [0, 0.1) is 0 Å². The number of benzene rings is 2. The average molecular weight is 440 g/mol. The predicted octanol–water partition coefficient (Wildman–Crippen LogP) is 3.40. The molecule has 0 aliphatic carbocycles. The van der Waals surface area contributed by atoms with Crippen molar-refractivity contribution in [1.82, 2.24) is 14.6 Å². The largest absolute Gasteiger partial charge is 0.495 e. The number of pyridine rings is 1. The lowest BCUT2D eigenvalue weighted by molar-refractivity contribution is 0.0939. The molecule has 0 spiro atoms. The van der Waals surface area contributed by atoms with Gasteiger partial charge in [0.1, 0.15) is 10.6 Å². The van der Waals surface area contributed by atoms with E-state index in [0.29, 0.717) is 0 Å². The molecule has 0 saturated heterocycles. The molecule has 0 fully saturated rings. The van der Waals surface area contributed by atoms with E-state index >= 15 is 0 Å². The van der Waals surface area contributed by atoms with Crippen molar-refractivity contribution in [2.24, 2.45) is 0 Å². The van der Waals surface area contributed by atoms with E-state index in [9.17, 15) is 13.2 Å². The molecule has 1 N–H and O–H groups in total. The molecule has 162 valence electrons. The topological polar surface area (TPSA) is 88.6 Å². The zero-order chi connectivity index (χ0) is 22.4. The molecule has 0 aliphatic heterocycles. The van der Waals surface area contributed by atoms with Crippen LogP contribution in [0.2, 0.25) is 0 Å². The minimum atomic E-state index is -3.90. The van der Waals surface area contributed by atoms with Gasteiger partial charge in [-0.25, -0.2) is 8.42 Å². The van der Waals surface area contributed by atoms with E-state index < -0.39 is 10.0 Å². The molecule has 0 radical (unpaired) electrons. The van der Waals surface area contributed by atoms with Gasteiger partial charge in [-0.3, -0.25) is 9.78 Å². The summed E-state index contributed by atoms with van der Waals surface area (Å²) in [6.07, 6.45) is 3.30. The van der Waals surface area contributed by atoms with Gasteiger partial charge >= 0.3 is 0 Å². The summed E-state index contributed by atoms with van der Waals surface area (Å²) in [5, 5.41) is 2.88. The number of methoxy groups -OCH3 is 1. The molecular formula is C23H25N3O4S. The molecule has 7 nitrogen and oxygen atoms in total. The van der Waals surface area contributed by atoms with Crippen molar-refractivity contribution in [3.05, 3.63) is 89.7 Å². The first-order chi connectivity index (χ1) is 14.8. The van der Waals surface area contributed by atoms with Gasteiger partial charge in [0.25, 0.3) is 5.91 Å². The Morgan fingerprint density at radius 1 is 1.10 bits per heavy atom. The summed E-state index contributed by atoms with van der Waals surface area (Å²) in [5.41, 5.74) is 1.98. The molecule has 0 unspecified atom stereocenters. The van der Waals surface area contributed by atoms with Crippen molar-refractivity contribution in [3.63, 3.8) is 0 Å². The van der Waals surface area contributed by atoms with Gasteiger partial charge in [-0.15, -0.1) is 0 Å². The number of hydrogen-bond donors (Lipinski definition) is 1. The molecule has 1 amide bonds. The smallest absolute Gasteiger partial charge is 0.251 e. The van der Waals surface area contributed by atoms with Crippen LogP contribution in [0.15, 0.2) is 78.0 Å². The molecule has 1 atom stereocenters. The van der Waals surface area contributed by atoms with Crippen LogP contribution in [0.5, 0.6) is 5.75 Å². The summed E-state index contributed by atoms with van der Waals surface area (Å²) in [6.45, 7) is 2.05. The Bertz CT molecular complexity index is 1140. The second-order valence-corrected chi connectivity index (χ2v) is 9.10. The Balaban J connectivity index is 1.86. The van der Waals surface area contributed by atoms with Crippen molar-refractivity contribution in [2.45, 2.75) is 24.4 Å². The fourth-order valence-corrected chi connectivity index (χ4v) is 4.46. The van der Waals surface area contributed by atoms with E-state index in [1.807, 2.05) is 49.4 Å². The van der Waals surface area contributed by atoms with E-state index in [1.54, 1.807) is 18.5 Å². The van der Waals surface area contributed by atoms with Gasteiger partial charge in [-0.05, 0) is 48.4 Å². The number of amides is 1. The van der Waals surface area contributed by atoms with Crippen LogP contribution in [0.25, 0.3) is 0 Å². The second-order valence-electron chi connectivity index (χ2n) is 7.09. The molecule has 3 aromatic rings. The first-order valence-corrected chi connectivity index (χ1v) is 11.2. The highest BCUT2D eigenvalue weighted by Gasteiger charge is 2.26. The lowest BCUT2D eigenvalue weighted by atomic mass is 10.1. The number of aromatic nitrogens is 1. The van der Waals surface area contributed by atoms with Crippen molar-refractivity contribution in [2.75, 3.05) is 14.2 Å². The Hall–Kier alpha value is -3.23. The lowest BCUT2D eigenvalue weighted by Crippen LogP contribution is -2.29. The number of nitrogens with one attached hydrogen (secondary N) is 1. The zero-order valence-corrected chi connectivity index (χ0v) is 18.5. The SMILES string of the molecule is COc1ccc(C(=O)N[C@H](C)c2ccncc2)cc1S(=O)(=O)N(C)Cc1ccccc1. The first-order valence-electron chi connectivity index (χ1n) is 9.72. The second kappa shape index (κ2) is 9.72. The molecule has 0 saturated carbocycles. The molecular weight excluding hydrogens is 414 g/mol. The highest BCUT2D eigenvalue weighted by atomic mass is 32.2. The van der Waals surface area contributed by atoms with E-state index in [1.165, 1.54) is 30.6 Å². The summed E-state index contributed by atoms with van der Waals surface area (Å²) in [5.74, 6) is -0.201. The van der Waals surface area contributed by atoms with E-state index in [-0.39, 0.29) is 34.7 Å². The van der Waals surface area contributed by atoms with Crippen molar-refractivity contribution in [1.29, 1.82) is 0 Å². The van der Waals surface area contributed by atoms with E-state index in [4.69, 9.17) is 4.74 Å². The zero-order valence-electron chi connectivity index (χ0n) is 17.6. The van der Waals surface area contributed by atoms with Gasteiger partial charge in [-0.2, -0.15) is 4.31 Å². The maximum atomic E-state index is 13.2. The van der Waals surface area contributed by atoms with Gasteiger partial charge in [0, 0.05) is 31.5 Å². The number of sulfonamides is 1. The highest BCUT2D eigenvalue weighted by Crippen LogP contribution is 2.28. The lowest BCUT2D eigenvalue weighted by Gasteiger charge is -2.20. The third-order valence-corrected chi connectivity index (χ3v) is 6.74. The predicted molar refractivity (Wildman–Crippen MR) is 118 cm³/mol. The van der Waals surface area contributed by atoms with Crippen LogP contribution in [0.4, 0.5) is 0 Å². The van der Waals surface area contributed by atoms with Gasteiger partial charge in [0.15, 0.2) is 0 Å². The minimum absolute atomic E-state index is 0.0577. The third kappa shape index (κ3) is 5.28. The van der Waals surface area contributed by atoms with Crippen molar-refractivity contribution < 1.29 is 17.9 Å². The monoisotopic (exact) mass is 439 g/mol. The molecule has 0 bridgehead atoms. The molecule has 1 aromatic heterocycles. The Morgan fingerprint density at radius 2 is 1.77 bits per heavy atom. The fourth-order valence-electron chi connectivity index (χ4n) is 3.13. The molecule has 1 heterocycles. The van der Waals surface area contributed by atoms with E-state index in [2.05, 4.69) is 10.3 Å². The first kappa shape index (κ1) is 22.5. The van der Waals surface area contributed by atoms with Crippen LogP contribution >= 0.6 is 0 Å². The number of carbonyl (C=O) groups excluding carboxylic acids is 1. The summed E-state index contributed by atoms with van der Waals surface area (Å²) >= 11 is 0. The Kier molecular flexibility index (Phi) is 7.04. The van der Waals surface area contributed by atoms with Gasteiger partial charge in [0.05, 0.1) is 13.2 Å². The molecule has 0 aliphatic rings. The van der Waals surface area contributed by atoms with E-state index in [0.717, 1.165) is 11.1 Å². The summed E-state index contributed by atoms with van der Waals surface area (Å²) in [7, 11) is -0.997. The third-order valence-electron chi connectivity index (χ3n) is 4.92. The van der Waals surface area contributed by atoms with Gasteiger partial charge < -0.3 is 10.1 Å². The molecule has 8 heteroatoms. The van der Waals surface area contributed by atoms with Gasteiger partial charge in [-0.1, -0.05) is 30.3 Å². The Labute approximate surface area is 182 Å². The van der Waals surface area contributed by atoms with Crippen LogP contribution in [-0.4, -0.2) is 37.8 Å². The number of rotatable bonds is 8. The summed E-state index contributed by atoms with van der Waals surface area (Å²) < 4.78 is 33.0. The number of ether oxygens (including phenoxy) is 1. The van der Waals surface area contributed by atoms with Crippen LogP contribution in [0.3, 0.4) is 0 Å². The molecule has 3 rings (SSSR count). The number of nitrogens with zero attached hydrogens (tertiary/aromatic N) is 2. The Morgan fingerprint density at radius 3 is 2.42 bits per heavy atom. The quantitative estimate of drug-likeness (QED) is 0.581. The number of hydrogen-bond acceptors (Lipinski definition) is 5. The average Bonchev–Trinajstić information content (AvgIpc) is 2.79. The van der Waals surface area contributed by atoms with Crippen molar-refractivity contribution >= 4 is 15.9 Å². The molecule has 31 heavy (non-hydrogen) atoms. The van der Waals surface area contributed by atoms with Crippen LogP contribution in [0.1, 0.15) is 34.5 Å². The minimum Gasteiger partial charge on any atom is -0.495 e. The fraction of sp³-hybridized carbons (Fsp3) is 0.217. The highest BCUT2D eigenvalue weighted by molar-refractivity contribution is 7.89. The normalized spacial score (nSPS) is 12.4. The molecule has 2 aromatic carbocycles.